The number of aliphatic hydroxyl groups is 1. The summed E-state index contributed by atoms with van der Waals surface area (Å²) in [6.45, 7) is 1.96. The van der Waals surface area contributed by atoms with Crippen molar-refractivity contribution in [3.05, 3.63) is 65.9 Å². The zero-order valence-electron chi connectivity index (χ0n) is 11.8. The van der Waals surface area contributed by atoms with Gasteiger partial charge in [0.15, 0.2) is 11.5 Å². The molecular formula is C16H13N3O3. The second-order valence-corrected chi connectivity index (χ2v) is 4.75. The maximum absolute atomic E-state index is 12.3. The van der Waals surface area contributed by atoms with Crippen molar-refractivity contribution in [3.63, 3.8) is 0 Å². The van der Waals surface area contributed by atoms with Gasteiger partial charge in [-0.25, -0.2) is 4.98 Å². The summed E-state index contributed by atoms with van der Waals surface area (Å²) in [5.74, 6) is -0.156. The van der Waals surface area contributed by atoms with Gasteiger partial charge in [0.2, 0.25) is 5.82 Å². The molecular weight excluding hydrogens is 282 g/mol. The number of aromatic nitrogens is 3. The summed E-state index contributed by atoms with van der Waals surface area (Å²) in [5, 5.41) is 16.0. The van der Waals surface area contributed by atoms with E-state index in [4.69, 9.17) is 4.42 Å². The number of hydrogen-bond donors (Lipinski definition) is 2. The van der Waals surface area contributed by atoms with Crippen molar-refractivity contribution in [2.45, 2.75) is 6.92 Å². The van der Waals surface area contributed by atoms with Crippen LogP contribution < -0.4 is 0 Å². The molecule has 0 aliphatic heterocycles. The third-order valence-electron chi connectivity index (χ3n) is 3.12. The van der Waals surface area contributed by atoms with Gasteiger partial charge < -0.3 is 9.52 Å². The number of allylic oxidation sites excluding steroid dienone is 1. The van der Waals surface area contributed by atoms with E-state index in [1.54, 1.807) is 6.07 Å². The lowest BCUT2D eigenvalue weighted by Gasteiger charge is -2.02. The first-order valence-electron chi connectivity index (χ1n) is 6.61. The van der Waals surface area contributed by atoms with Crippen LogP contribution in [-0.2, 0) is 0 Å². The van der Waals surface area contributed by atoms with E-state index in [1.165, 1.54) is 12.6 Å². The van der Waals surface area contributed by atoms with Gasteiger partial charge >= 0.3 is 0 Å². The molecule has 0 radical (unpaired) electrons. The molecule has 6 heteroatoms. The average Bonchev–Trinajstić information content (AvgIpc) is 3.18. The monoisotopic (exact) mass is 295 g/mol. The molecule has 0 bridgehead atoms. The van der Waals surface area contributed by atoms with Crippen LogP contribution in [0.1, 0.15) is 21.7 Å². The van der Waals surface area contributed by atoms with Gasteiger partial charge in [-0.3, -0.25) is 9.89 Å². The quantitative estimate of drug-likeness (QED) is 0.438. The number of hydrogen-bond acceptors (Lipinski definition) is 5. The van der Waals surface area contributed by atoms with E-state index in [0.29, 0.717) is 11.3 Å². The average molecular weight is 295 g/mol. The van der Waals surface area contributed by atoms with E-state index >= 15 is 0 Å². The molecule has 3 aromatic rings. The van der Waals surface area contributed by atoms with Crippen molar-refractivity contribution in [1.82, 2.24) is 15.2 Å². The molecule has 1 aromatic carbocycles. The Balaban J connectivity index is 1.95. The topological polar surface area (TPSA) is 92.0 Å². The molecule has 0 amide bonds. The molecule has 2 aromatic heterocycles. The summed E-state index contributed by atoms with van der Waals surface area (Å²) >= 11 is 0. The van der Waals surface area contributed by atoms with Crippen molar-refractivity contribution < 1.29 is 14.3 Å². The fraction of sp³-hybridized carbons (Fsp3) is 0.0625. The van der Waals surface area contributed by atoms with E-state index < -0.39 is 0 Å². The highest BCUT2D eigenvalue weighted by molar-refractivity contribution is 6.10. The van der Waals surface area contributed by atoms with E-state index in [2.05, 4.69) is 15.2 Å². The van der Waals surface area contributed by atoms with Crippen LogP contribution in [-0.4, -0.2) is 26.1 Å². The SMILES string of the molecule is Cc1cccc(-c2occc2C(=O)C=C(O)c2nc[nH]n2)c1. The summed E-state index contributed by atoms with van der Waals surface area (Å²) < 4.78 is 5.43. The first kappa shape index (κ1) is 13.8. The molecule has 0 fully saturated rings. The maximum Gasteiger partial charge on any atom is 0.215 e. The first-order chi connectivity index (χ1) is 10.6. The van der Waals surface area contributed by atoms with Gasteiger partial charge in [0.1, 0.15) is 12.1 Å². The molecule has 2 N–H and O–H groups in total. The summed E-state index contributed by atoms with van der Waals surface area (Å²) in [6, 6.07) is 9.21. The fourth-order valence-corrected chi connectivity index (χ4v) is 2.11. The minimum atomic E-state index is -0.382. The minimum absolute atomic E-state index is 0.0638. The van der Waals surface area contributed by atoms with E-state index in [-0.39, 0.29) is 17.4 Å². The van der Waals surface area contributed by atoms with E-state index in [9.17, 15) is 9.90 Å². The molecule has 3 rings (SSSR count). The zero-order chi connectivity index (χ0) is 15.5. The molecule has 6 nitrogen and oxygen atoms in total. The predicted octanol–water partition coefficient (Wildman–Crippen LogP) is 3.15. The van der Waals surface area contributed by atoms with E-state index in [0.717, 1.165) is 17.2 Å². The second-order valence-electron chi connectivity index (χ2n) is 4.75. The lowest BCUT2D eigenvalue weighted by molar-refractivity contribution is 0.104. The van der Waals surface area contributed by atoms with Gasteiger partial charge in [0, 0.05) is 11.6 Å². The summed E-state index contributed by atoms with van der Waals surface area (Å²) in [6.07, 6.45) is 3.84. The second kappa shape index (κ2) is 5.69. The van der Waals surface area contributed by atoms with Crippen molar-refractivity contribution >= 4 is 11.5 Å². The number of furan rings is 1. The van der Waals surface area contributed by atoms with Crippen LogP contribution >= 0.6 is 0 Å². The number of carbonyl (C=O) groups is 1. The maximum atomic E-state index is 12.3. The highest BCUT2D eigenvalue weighted by Gasteiger charge is 2.16. The zero-order valence-corrected chi connectivity index (χ0v) is 11.8. The normalized spacial score (nSPS) is 11.6. The third kappa shape index (κ3) is 2.67. The fourth-order valence-electron chi connectivity index (χ4n) is 2.11. The Bertz CT molecular complexity index is 832. The molecule has 2 heterocycles. The predicted molar refractivity (Wildman–Crippen MR) is 80.2 cm³/mol. The third-order valence-corrected chi connectivity index (χ3v) is 3.12. The number of aromatic amines is 1. The number of carbonyl (C=O) groups excluding carboxylic acids is 1. The minimum Gasteiger partial charge on any atom is -0.504 e. The Morgan fingerprint density at radius 3 is 2.95 bits per heavy atom. The lowest BCUT2D eigenvalue weighted by atomic mass is 10.0. The number of benzene rings is 1. The number of aliphatic hydroxyl groups excluding tert-OH is 1. The highest BCUT2D eigenvalue weighted by atomic mass is 16.3. The molecule has 0 atom stereocenters. The van der Waals surface area contributed by atoms with Crippen LogP contribution in [0.5, 0.6) is 0 Å². The standard InChI is InChI=1S/C16H13N3O3/c1-10-3-2-4-11(7-10)15-12(5-6-22-15)13(20)8-14(21)16-17-9-18-19-16/h2-9,21H,1H3,(H,17,18,19). The van der Waals surface area contributed by atoms with Crippen LogP contribution in [0.2, 0.25) is 0 Å². The van der Waals surface area contributed by atoms with Crippen molar-refractivity contribution in [2.24, 2.45) is 0 Å². The van der Waals surface area contributed by atoms with Crippen molar-refractivity contribution in [1.29, 1.82) is 0 Å². The number of aryl methyl sites for hydroxylation is 1. The molecule has 0 saturated carbocycles. The Morgan fingerprint density at radius 2 is 2.23 bits per heavy atom. The summed E-state index contributed by atoms with van der Waals surface area (Å²) in [4.78, 5) is 16.1. The van der Waals surface area contributed by atoms with Gasteiger partial charge in [-0.15, -0.1) is 0 Å². The molecule has 110 valence electrons. The Hall–Kier alpha value is -3.15. The Morgan fingerprint density at radius 1 is 1.36 bits per heavy atom. The highest BCUT2D eigenvalue weighted by Crippen LogP contribution is 2.26. The van der Waals surface area contributed by atoms with E-state index in [1.807, 2.05) is 31.2 Å². The van der Waals surface area contributed by atoms with Gasteiger partial charge in [-0.1, -0.05) is 23.8 Å². The smallest absolute Gasteiger partial charge is 0.215 e. The number of rotatable bonds is 4. The number of nitrogens with one attached hydrogen (secondary N) is 1. The molecule has 0 spiro atoms. The van der Waals surface area contributed by atoms with Crippen LogP contribution in [0.3, 0.4) is 0 Å². The van der Waals surface area contributed by atoms with Crippen LogP contribution in [0.25, 0.3) is 17.1 Å². The molecule has 0 unspecified atom stereocenters. The van der Waals surface area contributed by atoms with Crippen LogP contribution in [0, 0.1) is 6.92 Å². The number of H-pyrrole nitrogens is 1. The Labute approximate surface area is 126 Å². The van der Waals surface area contributed by atoms with Gasteiger partial charge in [-0.2, -0.15) is 5.10 Å². The molecule has 0 aliphatic rings. The largest absolute Gasteiger partial charge is 0.504 e. The number of nitrogens with zero attached hydrogens (tertiary/aromatic N) is 2. The first-order valence-corrected chi connectivity index (χ1v) is 6.61. The van der Waals surface area contributed by atoms with Crippen molar-refractivity contribution in [3.8, 4) is 11.3 Å². The van der Waals surface area contributed by atoms with Crippen LogP contribution in [0.15, 0.2) is 53.4 Å². The summed E-state index contributed by atoms with van der Waals surface area (Å²) in [7, 11) is 0. The molecule has 0 aliphatic carbocycles. The lowest BCUT2D eigenvalue weighted by Crippen LogP contribution is -1.98. The van der Waals surface area contributed by atoms with Crippen molar-refractivity contribution in [2.75, 3.05) is 0 Å². The molecule has 22 heavy (non-hydrogen) atoms. The Kier molecular flexibility index (Phi) is 3.57. The van der Waals surface area contributed by atoms with Gasteiger partial charge in [0.25, 0.3) is 0 Å². The van der Waals surface area contributed by atoms with Crippen LogP contribution in [0.4, 0.5) is 0 Å². The van der Waals surface area contributed by atoms with Gasteiger partial charge in [-0.05, 0) is 19.1 Å². The summed E-state index contributed by atoms with van der Waals surface area (Å²) in [5.41, 5.74) is 2.23. The molecule has 0 saturated heterocycles. The number of ketones is 1. The van der Waals surface area contributed by atoms with Gasteiger partial charge in [0.05, 0.1) is 11.8 Å².